The summed E-state index contributed by atoms with van der Waals surface area (Å²) in [6.45, 7) is 4.78. The second kappa shape index (κ2) is 10.2. The van der Waals surface area contributed by atoms with Crippen LogP contribution in [0.25, 0.3) is 86.2 Å². The molecule has 0 atom stereocenters. The van der Waals surface area contributed by atoms with Gasteiger partial charge in [-0.05, 0) is 101 Å². The van der Waals surface area contributed by atoms with Gasteiger partial charge in [-0.2, -0.15) is 0 Å². The zero-order valence-electron chi connectivity index (χ0n) is 26.9. The third-order valence-corrected chi connectivity index (χ3v) is 11.8. The van der Waals surface area contributed by atoms with E-state index in [1.165, 1.54) is 97.4 Å². The van der Waals surface area contributed by atoms with Crippen molar-refractivity contribution in [2.24, 2.45) is 0 Å². The van der Waals surface area contributed by atoms with Crippen molar-refractivity contribution in [2.75, 3.05) is 0 Å². The van der Waals surface area contributed by atoms with Crippen LogP contribution in [0.5, 0.6) is 0 Å². The molecule has 8 aromatic carbocycles. The predicted octanol–water partition coefficient (Wildman–Crippen LogP) is 13.7. The van der Waals surface area contributed by atoms with E-state index in [4.69, 9.17) is 0 Å². The van der Waals surface area contributed by atoms with Crippen LogP contribution in [0.3, 0.4) is 0 Å². The fourth-order valence-electron chi connectivity index (χ4n) is 8.32. The molecule has 9 aromatic rings. The Morgan fingerprint density at radius 2 is 0.854 bits per heavy atom. The van der Waals surface area contributed by atoms with Crippen LogP contribution in [0.2, 0.25) is 0 Å². The summed E-state index contributed by atoms with van der Waals surface area (Å²) in [6, 6.07) is 58.7. The summed E-state index contributed by atoms with van der Waals surface area (Å²) in [5.41, 5.74) is 13.1. The van der Waals surface area contributed by atoms with Gasteiger partial charge in [0.25, 0.3) is 0 Å². The first-order chi connectivity index (χ1) is 23.6. The van der Waals surface area contributed by atoms with Crippen molar-refractivity contribution in [1.29, 1.82) is 0 Å². The quantitative estimate of drug-likeness (QED) is 0.171. The molecule has 0 saturated heterocycles. The summed E-state index contributed by atoms with van der Waals surface area (Å²) in [4.78, 5) is 0. The van der Waals surface area contributed by atoms with Crippen LogP contribution < -0.4 is 0 Å². The molecule has 0 unspecified atom stereocenters. The number of rotatable bonds is 3. The van der Waals surface area contributed by atoms with Crippen molar-refractivity contribution in [2.45, 2.75) is 19.3 Å². The van der Waals surface area contributed by atoms with E-state index in [0.29, 0.717) is 0 Å². The van der Waals surface area contributed by atoms with E-state index in [1.807, 2.05) is 11.3 Å². The average molecular weight is 629 g/mol. The maximum absolute atomic E-state index is 2.47. The molecule has 0 radical (unpaired) electrons. The molecule has 48 heavy (non-hydrogen) atoms. The Balaban J connectivity index is 1.09. The van der Waals surface area contributed by atoms with Gasteiger partial charge in [0.1, 0.15) is 0 Å². The highest BCUT2D eigenvalue weighted by Crippen LogP contribution is 2.52. The lowest BCUT2D eigenvalue weighted by Crippen LogP contribution is -2.15. The first kappa shape index (κ1) is 27.6. The third-order valence-electron chi connectivity index (χ3n) is 10.7. The molecule has 0 bridgehead atoms. The highest BCUT2D eigenvalue weighted by Gasteiger charge is 2.36. The van der Waals surface area contributed by atoms with Crippen molar-refractivity contribution < 1.29 is 0 Å². The number of hydrogen-bond acceptors (Lipinski definition) is 1. The first-order valence-corrected chi connectivity index (χ1v) is 17.6. The van der Waals surface area contributed by atoms with E-state index >= 15 is 0 Å². The largest absolute Gasteiger partial charge is 0.135 e. The van der Waals surface area contributed by atoms with Gasteiger partial charge in [0.2, 0.25) is 0 Å². The van der Waals surface area contributed by atoms with Crippen LogP contribution in [-0.4, -0.2) is 0 Å². The van der Waals surface area contributed by atoms with Crippen LogP contribution >= 0.6 is 11.3 Å². The molecule has 1 heterocycles. The van der Waals surface area contributed by atoms with E-state index < -0.39 is 0 Å². The Labute approximate surface area is 284 Å². The van der Waals surface area contributed by atoms with Gasteiger partial charge in [-0.3, -0.25) is 0 Å². The number of hydrogen-bond donors (Lipinski definition) is 0. The summed E-state index contributed by atoms with van der Waals surface area (Å²) in [7, 11) is 0. The normalized spacial score (nSPS) is 13.4. The van der Waals surface area contributed by atoms with E-state index in [9.17, 15) is 0 Å². The van der Waals surface area contributed by atoms with Gasteiger partial charge in [-0.25, -0.2) is 0 Å². The van der Waals surface area contributed by atoms with Crippen molar-refractivity contribution >= 4 is 53.1 Å². The van der Waals surface area contributed by atoms with Crippen molar-refractivity contribution in [3.8, 4) is 44.5 Å². The molecule has 0 amide bonds. The molecule has 226 valence electrons. The topological polar surface area (TPSA) is 0 Å². The van der Waals surface area contributed by atoms with E-state index in [-0.39, 0.29) is 5.41 Å². The summed E-state index contributed by atoms with van der Waals surface area (Å²) in [5.74, 6) is 0. The van der Waals surface area contributed by atoms with Crippen LogP contribution in [-0.2, 0) is 5.41 Å². The van der Waals surface area contributed by atoms with Gasteiger partial charge in [-0.1, -0.05) is 147 Å². The minimum absolute atomic E-state index is 0.0732. The van der Waals surface area contributed by atoms with Crippen molar-refractivity contribution in [1.82, 2.24) is 0 Å². The number of thiophene rings is 1. The van der Waals surface area contributed by atoms with Gasteiger partial charge < -0.3 is 0 Å². The molecule has 0 spiro atoms. The predicted molar refractivity (Wildman–Crippen MR) is 208 cm³/mol. The molecule has 1 heteroatoms. The number of fused-ring (bicyclic) bond motifs is 8. The van der Waals surface area contributed by atoms with E-state index in [0.717, 1.165) is 0 Å². The van der Waals surface area contributed by atoms with Crippen LogP contribution in [0.1, 0.15) is 25.0 Å². The highest BCUT2D eigenvalue weighted by atomic mass is 32.1. The zero-order valence-corrected chi connectivity index (χ0v) is 27.7. The molecule has 0 N–H and O–H groups in total. The van der Waals surface area contributed by atoms with Gasteiger partial charge in [0.15, 0.2) is 0 Å². The van der Waals surface area contributed by atoms with Crippen LogP contribution in [0.4, 0.5) is 0 Å². The van der Waals surface area contributed by atoms with Crippen LogP contribution in [0.15, 0.2) is 158 Å². The molecule has 1 aromatic heterocycles. The minimum Gasteiger partial charge on any atom is -0.135 e. The van der Waals surface area contributed by atoms with Gasteiger partial charge in [-0.15, -0.1) is 11.3 Å². The third kappa shape index (κ3) is 3.95. The van der Waals surface area contributed by atoms with Crippen LogP contribution in [0, 0.1) is 0 Å². The molecule has 1 aliphatic carbocycles. The molecule has 0 fully saturated rings. The van der Waals surface area contributed by atoms with Gasteiger partial charge >= 0.3 is 0 Å². The fourth-order valence-corrected chi connectivity index (χ4v) is 9.44. The lowest BCUT2D eigenvalue weighted by atomic mass is 9.81. The SMILES string of the molecule is CC1(C)c2cc(-c3ccc(-c4c5ccccc5c(-c5ccccc5)c5ccccc45)cc3)ccc2-c2cc3sc4ccccc4c3cc21. The van der Waals surface area contributed by atoms with E-state index in [1.54, 1.807) is 0 Å². The van der Waals surface area contributed by atoms with E-state index in [2.05, 4.69) is 172 Å². The molecule has 1 aliphatic rings. The second-order valence-electron chi connectivity index (χ2n) is 13.7. The Bertz CT molecular complexity index is 2670. The molecule has 0 aliphatic heterocycles. The Morgan fingerprint density at radius 3 is 1.50 bits per heavy atom. The van der Waals surface area contributed by atoms with Gasteiger partial charge in [0, 0.05) is 25.6 Å². The molecule has 10 rings (SSSR count). The minimum atomic E-state index is -0.0732. The molecular formula is C47H32S. The summed E-state index contributed by atoms with van der Waals surface area (Å²) in [6.07, 6.45) is 0. The number of benzene rings is 8. The maximum atomic E-state index is 2.47. The monoisotopic (exact) mass is 628 g/mol. The smallest absolute Gasteiger partial charge is 0.0361 e. The second-order valence-corrected chi connectivity index (χ2v) is 14.7. The Hall–Kier alpha value is -5.50. The molecule has 0 saturated carbocycles. The van der Waals surface area contributed by atoms with Crippen molar-refractivity contribution in [3.05, 3.63) is 169 Å². The van der Waals surface area contributed by atoms with Gasteiger partial charge in [0.05, 0.1) is 0 Å². The zero-order chi connectivity index (χ0) is 32.0. The standard InChI is InChI=1S/C47H32S/c1-47(2)41-26-32(24-25-33(41)39-28-44-40(27-42(39)47)34-14-10-11-19-43(34)48-44)29-20-22-31(23-21-29)46-37-17-8-6-15-35(37)45(30-12-4-3-5-13-30)36-16-7-9-18-38(36)46/h3-28H,1-2H3. The summed E-state index contributed by atoms with van der Waals surface area (Å²) < 4.78 is 2.73. The first-order valence-electron chi connectivity index (χ1n) is 16.8. The lowest BCUT2D eigenvalue weighted by Gasteiger charge is -2.22. The Morgan fingerprint density at radius 1 is 0.354 bits per heavy atom. The van der Waals surface area contributed by atoms with Crippen molar-refractivity contribution in [3.63, 3.8) is 0 Å². The Kier molecular flexibility index (Phi) is 5.89. The molecular weight excluding hydrogens is 597 g/mol. The summed E-state index contributed by atoms with van der Waals surface area (Å²) in [5, 5.41) is 7.88. The lowest BCUT2D eigenvalue weighted by molar-refractivity contribution is 0.661. The summed E-state index contributed by atoms with van der Waals surface area (Å²) >= 11 is 1.90. The maximum Gasteiger partial charge on any atom is 0.0361 e. The fraction of sp³-hybridized carbons (Fsp3) is 0.0638. The molecule has 0 nitrogen and oxygen atoms in total. The average Bonchev–Trinajstić information content (AvgIpc) is 3.61. The highest BCUT2D eigenvalue weighted by molar-refractivity contribution is 7.25.